The summed E-state index contributed by atoms with van der Waals surface area (Å²) in [5.41, 5.74) is 0.582. The third kappa shape index (κ3) is 4.65. The van der Waals surface area contributed by atoms with Gasteiger partial charge >= 0.3 is 0 Å². The lowest BCUT2D eigenvalue weighted by Gasteiger charge is -2.37. The lowest BCUT2D eigenvalue weighted by Crippen LogP contribution is -2.47. The first-order chi connectivity index (χ1) is 14.9. The summed E-state index contributed by atoms with van der Waals surface area (Å²) in [4.78, 5) is 46.8. The molecule has 7 heteroatoms. The van der Waals surface area contributed by atoms with Gasteiger partial charge in [-0.2, -0.15) is 0 Å². The molecule has 166 valence electrons. The molecule has 0 bridgehead atoms. The van der Waals surface area contributed by atoms with E-state index in [1.54, 1.807) is 17.6 Å². The maximum atomic E-state index is 12.8. The number of piperidine rings is 2. The van der Waals surface area contributed by atoms with E-state index in [2.05, 4.69) is 11.9 Å². The number of para-hydroxylation sites is 1. The SMILES string of the molecule is Cc1nc2ccccc2c(=O)n1CCC(=O)N1CCC(C(=O)N2CCC[C@H](C)C2)CC1. The van der Waals surface area contributed by atoms with E-state index >= 15 is 0 Å². The lowest BCUT2D eigenvalue weighted by atomic mass is 9.92. The summed E-state index contributed by atoms with van der Waals surface area (Å²) in [6.07, 6.45) is 4.01. The van der Waals surface area contributed by atoms with Gasteiger partial charge in [-0.1, -0.05) is 19.1 Å². The van der Waals surface area contributed by atoms with E-state index in [4.69, 9.17) is 0 Å². The van der Waals surface area contributed by atoms with Crippen LogP contribution in [-0.2, 0) is 16.1 Å². The van der Waals surface area contributed by atoms with Gasteiger partial charge in [0, 0.05) is 45.1 Å². The van der Waals surface area contributed by atoms with Crippen molar-refractivity contribution >= 4 is 22.7 Å². The van der Waals surface area contributed by atoms with E-state index < -0.39 is 0 Å². The molecule has 31 heavy (non-hydrogen) atoms. The number of benzene rings is 1. The smallest absolute Gasteiger partial charge is 0.261 e. The van der Waals surface area contributed by atoms with Crippen LogP contribution >= 0.6 is 0 Å². The number of hydrogen-bond donors (Lipinski definition) is 0. The molecule has 2 fully saturated rings. The Hall–Kier alpha value is -2.70. The third-order valence-corrected chi connectivity index (χ3v) is 6.77. The topological polar surface area (TPSA) is 75.5 Å². The van der Waals surface area contributed by atoms with Crippen LogP contribution in [0.1, 0.15) is 44.9 Å². The van der Waals surface area contributed by atoms with Gasteiger partial charge in [0.1, 0.15) is 5.82 Å². The molecule has 0 aliphatic carbocycles. The van der Waals surface area contributed by atoms with Crippen LogP contribution in [0.15, 0.2) is 29.1 Å². The van der Waals surface area contributed by atoms with Crippen molar-refractivity contribution in [2.24, 2.45) is 11.8 Å². The zero-order valence-corrected chi connectivity index (χ0v) is 18.5. The van der Waals surface area contributed by atoms with Crippen LogP contribution < -0.4 is 5.56 Å². The number of likely N-dealkylation sites (tertiary alicyclic amines) is 2. The Morgan fingerprint density at radius 3 is 2.55 bits per heavy atom. The van der Waals surface area contributed by atoms with Gasteiger partial charge < -0.3 is 9.80 Å². The van der Waals surface area contributed by atoms with E-state index in [0.29, 0.717) is 42.3 Å². The number of nitrogens with zero attached hydrogens (tertiary/aromatic N) is 4. The van der Waals surface area contributed by atoms with Crippen molar-refractivity contribution in [2.45, 2.75) is 52.5 Å². The number of rotatable bonds is 4. The molecule has 1 aromatic heterocycles. The monoisotopic (exact) mass is 424 g/mol. The molecule has 2 saturated heterocycles. The highest BCUT2D eigenvalue weighted by molar-refractivity contribution is 5.80. The summed E-state index contributed by atoms with van der Waals surface area (Å²) in [6, 6.07) is 7.29. The molecular weight excluding hydrogens is 392 g/mol. The van der Waals surface area contributed by atoms with Crippen LogP contribution in [0.4, 0.5) is 0 Å². The number of carbonyl (C=O) groups excluding carboxylic acids is 2. The first kappa shape index (κ1) is 21.5. The fourth-order valence-electron chi connectivity index (χ4n) is 4.93. The maximum Gasteiger partial charge on any atom is 0.261 e. The van der Waals surface area contributed by atoms with Crippen molar-refractivity contribution in [1.82, 2.24) is 19.4 Å². The molecule has 2 aliphatic heterocycles. The van der Waals surface area contributed by atoms with Gasteiger partial charge in [-0.05, 0) is 50.7 Å². The highest BCUT2D eigenvalue weighted by atomic mass is 16.2. The van der Waals surface area contributed by atoms with Crippen LogP contribution in [0.2, 0.25) is 0 Å². The zero-order chi connectivity index (χ0) is 22.0. The van der Waals surface area contributed by atoms with Crippen LogP contribution in [0.25, 0.3) is 10.9 Å². The minimum Gasteiger partial charge on any atom is -0.343 e. The van der Waals surface area contributed by atoms with Crippen molar-refractivity contribution in [1.29, 1.82) is 0 Å². The Morgan fingerprint density at radius 2 is 1.81 bits per heavy atom. The predicted octanol–water partition coefficient (Wildman–Crippen LogP) is 2.59. The highest BCUT2D eigenvalue weighted by Crippen LogP contribution is 2.24. The summed E-state index contributed by atoms with van der Waals surface area (Å²) >= 11 is 0. The van der Waals surface area contributed by atoms with Crippen molar-refractivity contribution in [3.8, 4) is 0 Å². The van der Waals surface area contributed by atoms with Gasteiger partial charge in [-0.3, -0.25) is 19.0 Å². The Bertz CT molecular complexity index is 1020. The molecule has 2 aliphatic rings. The first-order valence-corrected chi connectivity index (χ1v) is 11.5. The molecule has 0 N–H and O–H groups in total. The zero-order valence-electron chi connectivity index (χ0n) is 18.5. The van der Waals surface area contributed by atoms with E-state index in [1.165, 1.54) is 6.42 Å². The molecule has 0 unspecified atom stereocenters. The number of aromatic nitrogens is 2. The summed E-state index contributed by atoms with van der Waals surface area (Å²) in [5.74, 6) is 1.54. The quantitative estimate of drug-likeness (QED) is 0.756. The average Bonchev–Trinajstić information content (AvgIpc) is 2.78. The fraction of sp³-hybridized carbons (Fsp3) is 0.583. The molecule has 1 aromatic carbocycles. The van der Waals surface area contributed by atoms with E-state index in [9.17, 15) is 14.4 Å². The van der Waals surface area contributed by atoms with Gasteiger partial charge in [0.25, 0.3) is 5.56 Å². The van der Waals surface area contributed by atoms with E-state index in [-0.39, 0.29) is 29.7 Å². The molecule has 2 aromatic rings. The molecule has 7 nitrogen and oxygen atoms in total. The highest BCUT2D eigenvalue weighted by Gasteiger charge is 2.31. The minimum atomic E-state index is -0.101. The third-order valence-electron chi connectivity index (χ3n) is 6.77. The van der Waals surface area contributed by atoms with E-state index in [0.717, 1.165) is 32.4 Å². The summed E-state index contributed by atoms with van der Waals surface area (Å²) < 4.78 is 1.59. The number of fused-ring (bicyclic) bond motifs is 1. The van der Waals surface area contributed by atoms with Crippen molar-refractivity contribution < 1.29 is 9.59 Å². The van der Waals surface area contributed by atoms with Gasteiger partial charge in [0.05, 0.1) is 10.9 Å². The Kier molecular flexibility index (Phi) is 6.39. The van der Waals surface area contributed by atoms with E-state index in [1.807, 2.05) is 28.0 Å². The molecule has 4 rings (SSSR count). The largest absolute Gasteiger partial charge is 0.343 e. The molecular formula is C24H32N4O3. The molecule has 0 saturated carbocycles. The van der Waals surface area contributed by atoms with Gasteiger partial charge in [-0.25, -0.2) is 4.98 Å². The Labute approximate surface area is 183 Å². The van der Waals surface area contributed by atoms with Gasteiger partial charge in [0.15, 0.2) is 0 Å². The van der Waals surface area contributed by atoms with Gasteiger partial charge in [0.2, 0.25) is 11.8 Å². The Morgan fingerprint density at radius 1 is 1.06 bits per heavy atom. The standard InChI is InChI=1S/C24H32N4O3/c1-17-6-5-12-27(16-17)23(30)19-9-13-26(14-10-19)22(29)11-15-28-18(2)25-21-8-4-3-7-20(21)24(28)31/h3-4,7-8,17,19H,5-6,9-16H2,1-2H3/t17-/m0/s1. The Balaban J connectivity index is 1.32. The molecule has 1 atom stereocenters. The maximum absolute atomic E-state index is 12.8. The normalized spacial score (nSPS) is 20.3. The van der Waals surface area contributed by atoms with Crippen LogP contribution in [0.5, 0.6) is 0 Å². The second kappa shape index (κ2) is 9.20. The summed E-state index contributed by atoms with van der Waals surface area (Å²) in [5, 5.41) is 0.576. The van der Waals surface area contributed by atoms with Crippen molar-refractivity contribution in [3.63, 3.8) is 0 Å². The molecule has 2 amide bonds. The number of hydrogen-bond acceptors (Lipinski definition) is 4. The van der Waals surface area contributed by atoms with Crippen LogP contribution in [-0.4, -0.2) is 57.3 Å². The second-order valence-corrected chi connectivity index (χ2v) is 9.07. The average molecular weight is 425 g/mol. The van der Waals surface area contributed by atoms with Gasteiger partial charge in [-0.15, -0.1) is 0 Å². The van der Waals surface area contributed by atoms with Crippen LogP contribution in [0.3, 0.4) is 0 Å². The summed E-state index contributed by atoms with van der Waals surface area (Å²) in [7, 11) is 0. The molecule has 0 spiro atoms. The first-order valence-electron chi connectivity index (χ1n) is 11.5. The second-order valence-electron chi connectivity index (χ2n) is 9.07. The molecule has 3 heterocycles. The van der Waals surface area contributed by atoms with Crippen molar-refractivity contribution in [3.05, 3.63) is 40.4 Å². The number of carbonyl (C=O) groups is 2. The van der Waals surface area contributed by atoms with Crippen LogP contribution in [0, 0.1) is 18.8 Å². The lowest BCUT2D eigenvalue weighted by molar-refractivity contribution is -0.142. The number of aryl methyl sites for hydroxylation is 1. The predicted molar refractivity (Wildman–Crippen MR) is 120 cm³/mol. The minimum absolute atomic E-state index is 0.0314. The van der Waals surface area contributed by atoms with Crippen molar-refractivity contribution in [2.75, 3.05) is 26.2 Å². The molecule has 0 radical (unpaired) electrons. The summed E-state index contributed by atoms with van der Waals surface area (Å²) in [6.45, 7) is 7.30. The number of amides is 2. The fourth-order valence-corrected chi connectivity index (χ4v) is 4.93.